The summed E-state index contributed by atoms with van der Waals surface area (Å²) in [6.45, 7) is 10.9. The maximum Gasteiger partial charge on any atom is 0.330 e. The van der Waals surface area contributed by atoms with Gasteiger partial charge in [0, 0.05) is 34.8 Å². The van der Waals surface area contributed by atoms with Crippen LogP contribution in [0.15, 0.2) is 116 Å². The molecule has 0 fully saturated rings. The van der Waals surface area contributed by atoms with Gasteiger partial charge >= 0.3 is 5.97 Å². The van der Waals surface area contributed by atoms with Gasteiger partial charge in [0.15, 0.2) is 5.78 Å². The molecule has 56 heavy (non-hydrogen) atoms. The van der Waals surface area contributed by atoms with Crippen LogP contribution in [0.3, 0.4) is 0 Å². The maximum absolute atomic E-state index is 11.3. The number of esters is 1. The molecular weight excluding hydrogens is 693 g/mol. The van der Waals surface area contributed by atoms with Crippen LogP contribution < -0.4 is 9.47 Å². The van der Waals surface area contributed by atoms with Crippen molar-refractivity contribution in [1.82, 2.24) is 0 Å². The van der Waals surface area contributed by atoms with E-state index in [0.717, 1.165) is 120 Å². The van der Waals surface area contributed by atoms with Gasteiger partial charge < -0.3 is 14.2 Å². The van der Waals surface area contributed by atoms with E-state index in [-0.39, 0.29) is 11.8 Å². The number of aryl methyl sites for hydroxylation is 1. The minimum atomic E-state index is -0.367. The lowest BCUT2D eigenvalue weighted by Gasteiger charge is -2.08. The van der Waals surface area contributed by atoms with E-state index in [1.807, 2.05) is 18.2 Å². The molecule has 0 atom stereocenters. The first-order chi connectivity index (χ1) is 27.4. The molecule has 0 amide bonds. The minimum Gasteiger partial charge on any atom is -0.494 e. The minimum absolute atomic E-state index is 0.132. The number of ketones is 1. The average molecular weight is 745 g/mol. The van der Waals surface area contributed by atoms with Crippen LogP contribution in [-0.4, -0.2) is 31.6 Å². The van der Waals surface area contributed by atoms with Crippen LogP contribution in [0.2, 0.25) is 0 Å². The summed E-state index contributed by atoms with van der Waals surface area (Å²) in [5, 5.41) is 4.49. The number of unbranched alkanes of at least 4 members (excludes halogenated alkanes) is 7. The van der Waals surface area contributed by atoms with Crippen molar-refractivity contribution >= 4 is 33.3 Å². The second-order valence-corrected chi connectivity index (χ2v) is 13.8. The third kappa shape index (κ3) is 13.4. The van der Waals surface area contributed by atoms with Gasteiger partial charge in [0.1, 0.15) is 11.5 Å². The molecule has 0 aliphatic carbocycles. The predicted octanol–water partition coefficient (Wildman–Crippen LogP) is 11.5. The number of ether oxygens (including phenoxy) is 3. The number of carbonyl (C=O) groups excluding carboxylic acids is 2. The number of hydrogen-bond acceptors (Lipinski definition) is 5. The molecule has 0 aromatic heterocycles. The topological polar surface area (TPSA) is 61.8 Å². The van der Waals surface area contributed by atoms with Gasteiger partial charge in [-0.05, 0) is 145 Å². The molecule has 5 rings (SSSR count). The molecule has 0 unspecified atom stereocenters. The average Bonchev–Trinajstić information content (AvgIpc) is 3.23. The fraction of sp³-hybridized carbons (Fsp3) is 0.294. The fourth-order valence-electron chi connectivity index (χ4n) is 6.36. The maximum atomic E-state index is 11.3. The third-order valence-electron chi connectivity index (χ3n) is 9.58. The van der Waals surface area contributed by atoms with E-state index in [0.29, 0.717) is 26.2 Å². The zero-order valence-electron chi connectivity index (χ0n) is 32.7. The first-order valence-corrected chi connectivity index (χ1v) is 19.9. The van der Waals surface area contributed by atoms with E-state index in [2.05, 4.69) is 117 Å². The van der Waals surface area contributed by atoms with Gasteiger partial charge in [0.05, 0.1) is 19.8 Å². The SMILES string of the molecule is C=CC(=O)CCCCCCCOc1ccc2cc(C#Cc3ccc(C#Cc4ccc5cc(OCCCCCCOC(=O)C=C)ccc5c4)cc3CC)ccc2c1. The van der Waals surface area contributed by atoms with E-state index in [9.17, 15) is 9.59 Å². The highest BCUT2D eigenvalue weighted by Crippen LogP contribution is 2.24. The monoisotopic (exact) mass is 744 g/mol. The standard InChI is InChI=1S/C51H52O5/c1-4-42-34-39(17-18-40-21-25-46-37-50(29-27-44(46)35-40)55-32-14-10-11-15-33-56-51(53)6-3)19-23-43(42)24-20-41-22-26-47-38-49(30-28-45(47)36-41)54-31-13-9-7-8-12-16-48(52)5-2/h5-6,19,21-23,25-30,34-38H,2-4,7-16,31-33H2,1H3. The zero-order chi connectivity index (χ0) is 39.4. The molecule has 0 saturated carbocycles. The summed E-state index contributed by atoms with van der Waals surface area (Å²) in [6, 6.07) is 31.2. The molecule has 0 bridgehead atoms. The van der Waals surface area contributed by atoms with Crippen LogP contribution in [0.4, 0.5) is 0 Å². The van der Waals surface area contributed by atoms with Crippen LogP contribution in [0.5, 0.6) is 11.5 Å². The summed E-state index contributed by atoms with van der Waals surface area (Å²) in [7, 11) is 0. The van der Waals surface area contributed by atoms with Gasteiger partial charge in [-0.3, -0.25) is 4.79 Å². The van der Waals surface area contributed by atoms with Gasteiger partial charge in [-0.1, -0.05) is 87.3 Å². The predicted molar refractivity (Wildman–Crippen MR) is 229 cm³/mol. The van der Waals surface area contributed by atoms with Crippen LogP contribution in [0.25, 0.3) is 21.5 Å². The normalized spacial score (nSPS) is 10.5. The molecular formula is C51H52O5. The van der Waals surface area contributed by atoms with Crippen LogP contribution in [0, 0.1) is 23.7 Å². The molecule has 0 saturated heterocycles. The third-order valence-corrected chi connectivity index (χ3v) is 9.58. The largest absolute Gasteiger partial charge is 0.494 e. The quantitative estimate of drug-likeness (QED) is 0.0344. The molecule has 0 heterocycles. The Hall–Kier alpha value is -6.04. The summed E-state index contributed by atoms with van der Waals surface area (Å²) < 4.78 is 17.0. The number of allylic oxidation sites excluding steroid dienone is 1. The Kier molecular flexibility index (Phi) is 16.4. The van der Waals surface area contributed by atoms with Crippen molar-refractivity contribution in [2.24, 2.45) is 0 Å². The Morgan fingerprint density at radius 3 is 1.59 bits per heavy atom. The molecule has 0 aliphatic rings. The van der Waals surface area contributed by atoms with Crippen molar-refractivity contribution in [3.63, 3.8) is 0 Å². The molecule has 5 heteroatoms. The lowest BCUT2D eigenvalue weighted by atomic mass is 10.0. The van der Waals surface area contributed by atoms with Gasteiger partial charge in [-0.15, -0.1) is 0 Å². The summed E-state index contributed by atoms with van der Waals surface area (Å²) in [5.74, 6) is 15.0. The van der Waals surface area contributed by atoms with Gasteiger partial charge in [0.2, 0.25) is 0 Å². The van der Waals surface area contributed by atoms with Crippen molar-refractivity contribution < 1.29 is 23.8 Å². The highest BCUT2D eigenvalue weighted by Gasteiger charge is 2.04. The van der Waals surface area contributed by atoms with Crippen LogP contribution in [-0.2, 0) is 20.7 Å². The number of carbonyl (C=O) groups is 2. The van der Waals surface area contributed by atoms with E-state index in [1.165, 1.54) is 17.7 Å². The Morgan fingerprint density at radius 2 is 1.02 bits per heavy atom. The molecule has 0 aliphatic heterocycles. The second kappa shape index (κ2) is 22.4. The molecule has 0 radical (unpaired) electrons. The van der Waals surface area contributed by atoms with Crippen LogP contribution in [0.1, 0.15) is 98.9 Å². The molecule has 0 N–H and O–H groups in total. The molecule has 286 valence electrons. The lowest BCUT2D eigenvalue weighted by Crippen LogP contribution is -2.02. The zero-order valence-corrected chi connectivity index (χ0v) is 32.7. The van der Waals surface area contributed by atoms with E-state index in [1.54, 1.807) is 0 Å². The first-order valence-electron chi connectivity index (χ1n) is 19.9. The van der Waals surface area contributed by atoms with Crippen molar-refractivity contribution in [2.75, 3.05) is 19.8 Å². The summed E-state index contributed by atoms with van der Waals surface area (Å²) >= 11 is 0. The Labute approximate surface area is 332 Å². The summed E-state index contributed by atoms with van der Waals surface area (Å²) in [5.41, 5.74) is 5.09. The Bertz CT molecular complexity index is 2260. The smallest absolute Gasteiger partial charge is 0.330 e. The van der Waals surface area contributed by atoms with Crippen molar-refractivity contribution in [3.8, 4) is 35.2 Å². The van der Waals surface area contributed by atoms with E-state index < -0.39 is 0 Å². The summed E-state index contributed by atoms with van der Waals surface area (Å²) in [6.07, 6.45) is 13.1. The van der Waals surface area contributed by atoms with Crippen molar-refractivity contribution in [1.29, 1.82) is 0 Å². The van der Waals surface area contributed by atoms with Crippen LogP contribution >= 0.6 is 0 Å². The number of hydrogen-bond donors (Lipinski definition) is 0. The van der Waals surface area contributed by atoms with Crippen molar-refractivity contribution in [3.05, 3.63) is 144 Å². The Morgan fingerprint density at radius 1 is 0.536 bits per heavy atom. The molecule has 5 aromatic rings. The van der Waals surface area contributed by atoms with E-state index in [4.69, 9.17) is 14.2 Å². The summed E-state index contributed by atoms with van der Waals surface area (Å²) in [4.78, 5) is 22.4. The van der Waals surface area contributed by atoms with Gasteiger partial charge in [0.25, 0.3) is 0 Å². The molecule has 5 nitrogen and oxygen atoms in total. The first kappa shape index (κ1) is 41.1. The van der Waals surface area contributed by atoms with Gasteiger partial charge in [-0.2, -0.15) is 0 Å². The van der Waals surface area contributed by atoms with E-state index >= 15 is 0 Å². The molecule has 0 spiro atoms. The number of fused-ring (bicyclic) bond motifs is 2. The number of benzene rings is 5. The second-order valence-electron chi connectivity index (χ2n) is 13.8. The highest BCUT2D eigenvalue weighted by molar-refractivity contribution is 5.89. The number of rotatable bonds is 20. The fourth-order valence-corrected chi connectivity index (χ4v) is 6.36. The van der Waals surface area contributed by atoms with Crippen molar-refractivity contribution in [2.45, 2.75) is 77.6 Å². The molecule has 5 aromatic carbocycles. The highest BCUT2D eigenvalue weighted by atomic mass is 16.5. The lowest BCUT2D eigenvalue weighted by molar-refractivity contribution is -0.137. The van der Waals surface area contributed by atoms with Gasteiger partial charge in [-0.25, -0.2) is 4.79 Å². The Balaban J connectivity index is 1.10.